The highest BCUT2D eigenvalue weighted by Crippen LogP contribution is 1.96. The van der Waals surface area contributed by atoms with Gasteiger partial charge in [-0.1, -0.05) is 20.8 Å². The summed E-state index contributed by atoms with van der Waals surface area (Å²) in [6.07, 6.45) is 2.86. The number of hydrogen-bond acceptors (Lipinski definition) is 3. The molecule has 0 radical (unpaired) electrons. The summed E-state index contributed by atoms with van der Waals surface area (Å²) in [4.78, 5) is 36.8. The maximum absolute atomic E-state index is 11.7. The van der Waals surface area contributed by atoms with E-state index in [1.165, 1.54) is 10.8 Å². The first-order chi connectivity index (χ1) is 8.93. The second kappa shape index (κ2) is 6.92. The number of amides is 1. The molecule has 0 aliphatic carbocycles. The fourth-order valence-electron chi connectivity index (χ4n) is 1.63. The Morgan fingerprint density at radius 2 is 2.11 bits per heavy atom. The van der Waals surface area contributed by atoms with Crippen LogP contribution in [0.4, 0.5) is 0 Å². The van der Waals surface area contributed by atoms with Crippen molar-refractivity contribution in [2.45, 2.75) is 40.2 Å². The third-order valence-electron chi connectivity index (χ3n) is 2.82. The lowest BCUT2D eigenvalue weighted by molar-refractivity contribution is -0.121. The minimum absolute atomic E-state index is 0.0687. The van der Waals surface area contributed by atoms with Crippen LogP contribution < -0.4 is 16.6 Å². The Morgan fingerprint density at radius 3 is 2.68 bits per heavy atom. The van der Waals surface area contributed by atoms with E-state index in [1.54, 1.807) is 0 Å². The summed E-state index contributed by atoms with van der Waals surface area (Å²) in [7, 11) is 0. The van der Waals surface area contributed by atoms with Crippen LogP contribution in [0.5, 0.6) is 0 Å². The van der Waals surface area contributed by atoms with Gasteiger partial charge in [0.1, 0.15) is 6.54 Å². The molecule has 0 atom stereocenters. The van der Waals surface area contributed by atoms with Gasteiger partial charge in [-0.15, -0.1) is 0 Å². The summed E-state index contributed by atoms with van der Waals surface area (Å²) < 4.78 is 1.23. The van der Waals surface area contributed by atoms with Gasteiger partial charge < -0.3 is 5.32 Å². The number of rotatable bonds is 6. The summed E-state index contributed by atoms with van der Waals surface area (Å²) in [6, 6.07) is 0. The lowest BCUT2D eigenvalue weighted by Gasteiger charge is -2.09. The molecule has 1 rings (SSSR count). The van der Waals surface area contributed by atoms with Crippen molar-refractivity contribution in [3.05, 3.63) is 32.6 Å². The Hall–Kier alpha value is -1.85. The Balaban J connectivity index is 2.69. The van der Waals surface area contributed by atoms with Crippen molar-refractivity contribution >= 4 is 5.91 Å². The van der Waals surface area contributed by atoms with Crippen LogP contribution in [0.1, 0.15) is 32.8 Å². The van der Waals surface area contributed by atoms with Gasteiger partial charge >= 0.3 is 5.69 Å². The van der Waals surface area contributed by atoms with E-state index in [0.29, 0.717) is 24.4 Å². The second-order valence-electron chi connectivity index (χ2n) is 4.93. The van der Waals surface area contributed by atoms with Crippen LogP contribution in [0.2, 0.25) is 0 Å². The molecule has 1 aromatic heterocycles. The number of hydrogen-bond donors (Lipinski definition) is 2. The Bertz CT molecular complexity index is 543. The van der Waals surface area contributed by atoms with Crippen molar-refractivity contribution in [2.75, 3.05) is 6.54 Å². The standard InChI is InChI=1S/C13H21N3O3/c1-4-10-7-16(13(19)15-12(10)18)8-11(17)14-6-5-9(2)3/h7,9H,4-6,8H2,1-3H3,(H,14,17)(H,15,18,19). The van der Waals surface area contributed by atoms with E-state index in [0.717, 1.165) is 6.42 Å². The molecule has 1 amide bonds. The highest BCUT2D eigenvalue weighted by molar-refractivity contribution is 5.75. The number of nitrogens with zero attached hydrogens (tertiary/aromatic N) is 1. The second-order valence-corrected chi connectivity index (χ2v) is 4.93. The van der Waals surface area contributed by atoms with Gasteiger partial charge in [-0.05, 0) is 18.8 Å². The van der Waals surface area contributed by atoms with Crippen LogP contribution in [-0.4, -0.2) is 22.0 Å². The minimum Gasteiger partial charge on any atom is -0.355 e. The van der Waals surface area contributed by atoms with E-state index < -0.39 is 5.69 Å². The number of aromatic amines is 1. The van der Waals surface area contributed by atoms with E-state index in [9.17, 15) is 14.4 Å². The topological polar surface area (TPSA) is 84.0 Å². The summed E-state index contributed by atoms with van der Waals surface area (Å²) in [5.74, 6) is 0.291. The van der Waals surface area contributed by atoms with Crippen LogP contribution in [0.15, 0.2) is 15.8 Å². The van der Waals surface area contributed by atoms with Crippen LogP contribution in [-0.2, 0) is 17.8 Å². The molecule has 0 aromatic carbocycles. The molecule has 6 nitrogen and oxygen atoms in total. The molecule has 2 N–H and O–H groups in total. The molecule has 0 unspecified atom stereocenters. The SMILES string of the molecule is CCc1cn(CC(=O)NCCC(C)C)c(=O)[nH]c1=O. The zero-order chi connectivity index (χ0) is 14.4. The average molecular weight is 267 g/mol. The molecule has 0 saturated carbocycles. The lowest BCUT2D eigenvalue weighted by Crippen LogP contribution is -2.37. The Morgan fingerprint density at radius 1 is 1.42 bits per heavy atom. The first kappa shape index (κ1) is 15.2. The van der Waals surface area contributed by atoms with Gasteiger partial charge in [-0.25, -0.2) is 4.79 Å². The monoisotopic (exact) mass is 267 g/mol. The van der Waals surface area contributed by atoms with Crippen LogP contribution in [0.25, 0.3) is 0 Å². The molecule has 0 aliphatic rings. The average Bonchev–Trinajstić information content (AvgIpc) is 2.32. The molecule has 0 spiro atoms. The van der Waals surface area contributed by atoms with E-state index >= 15 is 0 Å². The maximum atomic E-state index is 11.7. The highest BCUT2D eigenvalue weighted by atomic mass is 16.2. The Labute approximate surface area is 111 Å². The lowest BCUT2D eigenvalue weighted by atomic mass is 10.1. The third-order valence-corrected chi connectivity index (χ3v) is 2.82. The summed E-state index contributed by atoms with van der Waals surface area (Å²) in [5, 5.41) is 2.75. The fraction of sp³-hybridized carbons (Fsp3) is 0.615. The third kappa shape index (κ3) is 4.73. The van der Waals surface area contributed by atoms with Crippen molar-refractivity contribution in [1.29, 1.82) is 0 Å². The molecule has 0 saturated heterocycles. The predicted molar refractivity (Wildman–Crippen MR) is 73.2 cm³/mol. The fourth-order valence-corrected chi connectivity index (χ4v) is 1.63. The molecule has 6 heteroatoms. The van der Waals surface area contributed by atoms with E-state index in [4.69, 9.17) is 0 Å². The van der Waals surface area contributed by atoms with Crippen molar-refractivity contribution in [1.82, 2.24) is 14.9 Å². The van der Waals surface area contributed by atoms with Gasteiger partial charge in [-0.2, -0.15) is 0 Å². The molecule has 0 fully saturated rings. The largest absolute Gasteiger partial charge is 0.355 e. The van der Waals surface area contributed by atoms with Gasteiger partial charge in [0.05, 0.1) is 0 Å². The van der Waals surface area contributed by atoms with E-state index in [1.807, 2.05) is 6.92 Å². The zero-order valence-electron chi connectivity index (χ0n) is 11.7. The van der Waals surface area contributed by atoms with Gasteiger partial charge in [0.25, 0.3) is 5.56 Å². The van der Waals surface area contributed by atoms with Crippen LogP contribution >= 0.6 is 0 Å². The van der Waals surface area contributed by atoms with E-state index in [-0.39, 0.29) is 18.0 Å². The molecular formula is C13H21N3O3. The van der Waals surface area contributed by atoms with Crippen molar-refractivity contribution in [3.63, 3.8) is 0 Å². The quantitative estimate of drug-likeness (QED) is 0.775. The predicted octanol–water partition coefficient (Wildman–Crippen LogP) is 0.261. The maximum Gasteiger partial charge on any atom is 0.328 e. The summed E-state index contributed by atoms with van der Waals surface area (Å²) in [5.41, 5.74) is -0.445. The molecule has 19 heavy (non-hydrogen) atoms. The minimum atomic E-state index is -0.554. The van der Waals surface area contributed by atoms with Gasteiger partial charge in [0.2, 0.25) is 5.91 Å². The highest BCUT2D eigenvalue weighted by Gasteiger charge is 2.07. The zero-order valence-corrected chi connectivity index (χ0v) is 11.7. The van der Waals surface area contributed by atoms with Crippen molar-refractivity contribution < 1.29 is 4.79 Å². The first-order valence-electron chi connectivity index (χ1n) is 6.53. The number of carbonyl (C=O) groups is 1. The first-order valence-corrected chi connectivity index (χ1v) is 6.53. The normalized spacial score (nSPS) is 10.7. The van der Waals surface area contributed by atoms with Crippen LogP contribution in [0.3, 0.4) is 0 Å². The van der Waals surface area contributed by atoms with Crippen molar-refractivity contribution in [3.8, 4) is 0 Å². The number of carbonyl (C=O) groups excluding carboxylic acids is 1. The Kier molecular flexibility index (Phi) is 5.54. The molecule has 106 valence electrons. The van der Waals surface area contributed by atoms with Gasteiger partial charge in [0, 0.05) is 18.3 Å². The molecule has 0 bridgehead atoms. The molecular weight excluding hydrogens is 246 g/mol. The van der Waals surface area contributed by atoms with E-state index in [2.05, 4.69) is 24.1 Å². The molecule has 1 heterocycles. The van der Waals surface area contributed by atoms with Crippen LogP contribution in [0, 0.1) is 5.92 Å². The summed E-state index contributed by atoms with van der Waals surface area (Å²) in [6.45, 7) is 6.50. The number of H-pyrrole nitrogens is 1. The molecule has 1 aromatic rings. The smallest absolute Gasteiger partial charge is 0.328 e. The molecule has 0 aliphatic heterocycles. The van der Waals surface area contributed by atoms with Gasteiger partial charge in [0.15, 0.2) is 0 Å². The van der Waals surface area contributed by atoms with Crippen molar-refractivity contribution in [2.24, 2.45) is 5.92 Å². The number of aromatic nitrogens is 2. The van der Waals surface area contributed by atoms with Gasteiger partial charge in [-0.3, -0.25) is 19.1 Å². The number of nitrogens with one attached hydrogen (secondary N) is 2. The number of aryl methyl sites for hydroxylation is 1. The summed E-state index contributed by atoms with van der Waals surface area (Å²) >= 11 is 0.